The van der Waals surface area contributed by atoms with Gasteiger partial charge in [0.15, 0.2) is 5.82 Å². The average molecular weight is 1060 g/mol. The van der Waals surface area contributed by atoms with E-state index in [1.54, 1.807) is 18.3 Å². The summed E-state index contributed by atoms with van der Waals surface area (Å²) in [7, 11) is -3.11. The van der Waals surface area contributed by atoms with Gasteiger partial charge in [-0.1, -0.05) is 48.0 Å². The molecule has 8 rings (SSSR count). The van der Waals surface area contributed by atoms with Crippen molar-refractivity contribution in [3.05, 3.63) is 83.3 Å². The van der Waals surface area contributed by atoms with Crippen molar-refractivity contribution in [3.8, 4) is 17.3 Å². The number of piperazine rings is 1. The van der Waals surface area contributed by atoms with Gasteiger partial charge in [0, 0.05) is 59.5 Å². The minimum Gasteiger partial charge on any atom is -0.475 e. The number of rotatable bonds is 8. The number of nitrogens with one attached hydrogen (secondary N) is 1. The lowest BCUT2D eigenvalue weighted by Gasteiger charge is -2.42. The minimum absolute atomic E-state index is 0.0124. The van der Waals surface area contributed by atoms with Crippen LogP contribution < -0.4 is 15.0 Å². The SMILES string of the molecule is CN1C[C@H](NC(=O)c2cccc(S(=O)(=O)F)c2)C[C@H]1COc1nc(N2C[C@H]3CC[C@@H](C2)N3C(=O)OC(C)(C)C)c2cnc(-c3cccc4cccc(Cl)c34)c(F)c2n1.O=C(O)C(F)(F)F.O=C(O)C(F)(F)F. The third-order valence-electron chi connectivity index (χ3n) is 11.4. The maximum absolute atomic E-state index is 17.0. The molecule has 72 heavy (non-hydrogen) atoms. The molecule has 4 atom stereocenters. The molecule has 2 amide bonds. The van der Waals surface area contributed by atoms with Crippen molar-refractivity contribution >= 4 is 73.3 Å². The van der Waals surface area contributed by atoms with Crippen LogP contribution in [0.25, 0.3) is 32.9 Å². The highest BCUT2D eigenvalue weighted by Gasteiger charge is 2.45. The average Bonchev–Trinajstić information content (AvgIpc) is 3.77. The quantitative estimate of drug-likeness (QED) is 0.0989. The number of carbonyl (C=O) groups is 4. The zero-order valence-corrected chi connectivity index (χ0v) is 39.8. The van der Waals surface area contributed by atoms with Crippen molar-refractivity contribution in [2.24, 2.45) is 0 Å². The van der Waals surface area contributed by atoms with E-state index in [2.05, 4.69) is 15.3 Å². The third-order valence-corrected chi connectivity index (χ3v) is 12.6. The Bertz CT molecular complexity index is 2960. The van der Waals surface area contributed by atoms with Gasteiger partial charge in [-0.15, -0.1) is 3.89 Å². The molecular formula is C45H44ClF8N7O10S. The van der Waals surface area contributed by atoms with Crippen molar-refractivity contribution < 1.29 is 81.9 Å². The fourth-order valence-electron chi connectivity index (χ4n) is 8.30. The summed E-state index contributed by atoms with van der Waals surface area (Å²) in [6.45, 7) is 6.92. The predicted molar refractivity (Wildman–Crippen MR) is 242 cm³/mol. The lowest BCUT2D eigenvalue weighted by molar-refractivity contribution is -0.193. The maximum atomic E-state index is 17.0. The molecule has 3 N–H and O–H groups in total. The van der Waals surface area contributed by atoms with E-state index in [1.165, 1.54) is 12.1 Å². The number of likely N-dealkylation sites (tertiary alicyclic amines) is 1. The highest BCUT2D eigenvalue weighted by molar-refractivity contribution is 7.86. The molecule has 3 aliphatic rings. The van der Waals surface area contributed by atoms with Gasteiger partial charge in [-0.05, 0) is 76.7 Å². The van der Waals surface area contributed by atoms with Gasteiger partial charge in [0.25, 0.3) is 5.91 Å². The number of hydrogen-bond donors (Lipinski definition) is 3. The number of aromatic nitrogens is 3. The Kier molecular flexibility index (Phi) is 16.1. The van der Waals surface area contributed by atoms with Crippen molar-refractivity contribution in [1.29, 1.82) is 0 Å². The number of likely N-dealkylation sites (N-methyl/N-ethyl adjacent to an activating group) is 1. The lowest BCUT2D eigenvalue weighted by Crippen LogP contribution is -2.57. The van der Waals surface area contributed by atoms with Crippen molar-refractivity contribution in [3.63, 3.8) is 0 Å². The zero-order valence-electron chi connectivity index (χ0n) is 38.3. The Morgan fingerprint density at radius 3 is 2.03 bits per heavy atom. The fourth-order valence-corrected chi connectivity index (χ4v) is 9.10. The molecule has 3 aromatic carbocycles. The summed E-state index contributed by atoms with van der Waals surface area (Å²) in [6, 6.07) is 14.8. The number of nitrogens with zero attached hydrogens (tertiary/aromatic N) is 6. The number of pyridine rings is 1. The first-order valence-electron chi connectivity index (χ1n) is 21.5. The second kappa shape index (κ2) is 21.2. The summed E-state index contributed by atoms with van der Waals surface area (Å²) in [5.74, 6) is -6.29. The van der Waals surface area contributed by atoms with Crippen LogP contribution >= 0.6 is 11.6 Å². The Balaban J connectivity index is 0.000000531. The van der Waals surface area contributed by atoms with Crippen LogP contribution in [0, 0.1) is 5.82 Å². The molecule has 5 heterocycles. The topological polar surface area (TPSA) is 222 Å². The number of hydrogen-bond acceptors (Lipinski definition) is 13. The van der Waals surface area contributed by atoms with E-state index < -0.39 is 56.7 Å². The Morgan fingerprint density at radius 2 is 1.46 bits per heavy atom. The van der Waals surface area contributed by atoms with Crippen LogP contribution in [-0.2, 0) is 24.5 Å². The smallest absolute Gasteiger partial charge is 0.475 e. The molecule has 388 valence electrons. The number of alkyl halides is 6. The van der Waals surface area contributed by atoms with Crippen LogP contribution in [0.15, 0.2) is 71.8 Å². The van der Waals surface area contributed by atoms with Gasteiger partial charge in [0.1, 0.15) is 29.2 Å². The number of halogens is 9. The molecular weight excluding hydrogens is 1020 g/mol. The van der Waals surface area contributed by atoms with Gasteiger partial charge >= 0.3 is 46.6 Å². The van der Waals surface area contributed by atoms with E-state index in [0.29, 0.717) is 53.2 Å². The number of carbonyl (C=O) groups excluding carboxylic acids is 2. The molecule has 2 aromatic heterocycles. The van der Waals surface area contributed by atoms with Gasteiger partial charge in [0.05, 0.1) is 22.4 Å². The second-order valence-corrected chi connectivity index (χ2v) is 19.5. The molecule has 3 saturated heterocycles. The first kappa shape index (κ1) is 54.7. The number of amides is 2. The normalized spacial score (nSPS) is 19.2. The molecule has 2 bridgehead atoms. The van der Waals surface area contributed by atoms with E-state index >= 15 is 4.39 Å². The Hall–Kier alpha value is -6.67. The number of fused-ring (bicyclic) bond motifs is 4. The number of benzene rings is 3. The molecule has 0 unspecified atom stereocenters. The number of anilines is 1. The first-order valence-corrected chi connectivity index (χ1v) is 23.3. The minimum atomic E-state index is -5.08. The second-order valence-electron chi connectivity index (χ2n) is 17.7. The molecule has 27 heteroatoms. The standard InChI is InChI=1S/C41H42ClF2N7O6S.2C2HF3O2/c1-41(2,3)57-40(53)51-26-14-15-27(51)21-50(20-26)37-31-18-45-35(30-12-6-8-23-9-7-13-32(42)33(23)30)34(43)36(31)47-39(48-37)56-22-28-17-25(19-49(28)4)46-38(52)24-10-5-11-29(16-24)58(44,54)55;2*3-2(4,5)1(6)7/h5-13,16,18,25-28H,14-15,17,19-22H2,1-4H3,(H,46,52);2*(H,6,7)/t25-,26-,27+,28+;;/m1../s1. The van der Waals surface area contributed by atoms with Gasteiger partial charge < -0.3 is 29.9 Å². The number of carboxylic acids is 2. The van der Waals surface area contributed by atoms with E-state index in [-0.39, 0.29) is 59.7 Å². The maximum Gasteiger partial charge on any atom is 0.490 e. The fraction of sp³-hybridized carbons (Fsp3) is 0.400. The van der Waals surface area contributed by atoms with E-state index in [1.807, 2.05) is 66.8 Å². The molecule has 0 spiro atoms. The third kappa shape index (κ3) is 13.0. The van der Waals surface area contributed by atoms with Crippen molar-refractivity contribution in [2.45, 2.75) is 87.1 Å². The van der Waals surface area contributed by atoms with Gasteiger partial charge in [-0.25, -0.2) is 18.8 Å². The lowest BCUT2D eigenvalue weighted by atomic mass is 10.0. The number of carboxylic acid groups (broad SMARTS) is 2. The molecule has 0 saturated carbocycles. The van der Waals surface area contributed by atoms with E-state index in [4.69, 9.17) is 45.9 Å². The summed E-state index contributed by atoms with van der Waals surface area (Å²) in [6.07, 6.45) is -6.95. The van der Waals surface area contributed by atoms with Crippen LogP contribution in [0.5, 0.6) is 6.01 Å². The van der Waals surface area contributed by atoms with Crippen molar-refractivity contribution in [1.82, 2.24) is 30.1 Å². The summed E-state index contributed by atoms with van der Waals surface area (Å²) < 4.78 is 129. The highest BCUT2D eigenvalue weighted by Crippen LogP contribution is 2.40. The molecule has 0 aliphatic carbocycles. The van der Waals surface area contributed by atoms with E-state index in [9.17, 15) is 48.2 Å². The molecule has 0 radical (unpaired) electrons. The van der Waals surface area contributed by atoms with Crippen molar-refractivity contribution in [2.75, 3.05) is 38.2 Å². The largest absolute Gasteiger partial charge is 0.490 e. The number of aliphatic carboxylic acids is 2. The van der Waals surface area contributed by atoms with Crippen LogP contribution in [0.1, 0.15) is 50.4 Å². The van der Waals surface area contributed by atoms with Crippen LogP contribution in [-0.4, -0.2) is 143 Å². The summed E-state index contributed by atoms with van der Waals surface area (Å²) in [5.41, 5.74) is -0.0448. The summed E-state index contributed by atoms with van der Waals surface area (Å²) >= 11 is 6.64. The van der Waals surface area contributed by atoms with Crippen LogP contribution in [0.2, 0.25) is 5.02 Å². The number of ether oxygens (including phenoxy) is 2. The monoisotopic (exact) mass is 1060 g/mol. The molecule has 3 fully saturated rings. The zero-order chi connectivity index (χ0) is 53.2. The Morgan fingerprint density at radius 1 is 0.875 bits per heavy atom. The van der Waals surface area contributed by atoms with Crippen LogP contribution in [0.4, 0.5) is 45.2 Å². The van der Waals surface area contributed by atoms with Crippen LogP contribution in [0.3, 0.4) is 0 Å². The molecule has 5 aromatic rings. The summed E-state index contributed by atoms with van der Waals surface area (Å²) in [5, 5.41) is 19.5. The first-order chi connectivity index (χ1) is 33.4. The summed E-state index contributed by atoms with van der Waals surface area (Å²) in [4.78, 5) is 63.4. The van der Waals surface area contributed by atoms with Gasteiger partial charge in [0.2, 0.25) is 0 Å². The highest BCUT2D eigenvalue weighted by atomic mass is 35.5. The molecule has 3 aliphatic heterocycles. The Labute approximate surface area is 409 Å². The van der Waals surface area contributed by atoms with Gasteiger partial charge in [-0.2, -0.15) is 44.7 Å². The van der Waals surface area contributed by atoms with E-state index in [0.717, 1.165) is 30.4 Å². The molecule has 17 nitrogen and oxygen atoms in total. The van der Waals surface area contributed by atoms with Gasteiger partial charge in [-0.3, -0.25) is 19.6 Å². The predicted octanol–water partition coefficient (Wildman–Crippen LogP) is 8.03.